The molecule has 0 atom stereocenters. The average molecular weight is 441 g/mol. The number of methoxy groups -OCH3 is 2. The largest absolute Gasteiger partial charge is 0.493 e. The van der Waals surface area contributed by atoms with Crippen molar-refractivity contribution in [1.29, 1.82) is 0 Å². The Hall–Kier alpha value is -3.83. The van der Waals surface area contributed by atoms with E-state index in [0.29, 0.717) is 21.9 Å². The third-order valence-corrected chi connectivity index (χ3v) is 6.40. The molecular formula is C26H17ClN2O3. The first-order valence-corrected chi connectivity index (χ1v) is 10.5. The fourth-order valence-corrected chi connectivity index (χ4v) is 4.97. The van der Waals surface area contributed by atoms with Gasteiger partial charge in [0.1, 0.15) is 0 Å². The van der Waals surface area contributed by atoms with Crippen molar-refractivity contribution in [3.63, 3.8) is 0 Å². The lowest BCUT2D eigenvalue weighted by molar-refractivity contribution is 0.358. The van der Waals surface area contributed by atoms with Crippen LogP contribution in [0.15, 0.2) is 71.7 Å². The Labute approximate surface area is 187 Å². The van der Waals surface area contributed by atoms with E-state index >= 15 is 0 Å². The first-order chi connectivity index (χ1) is 15.7. The van der Waals surface area contributed by atoms with Crippen molar-refractivity contribution in [2.75, 3.05) is 14.2 Å². The van der Waals surface area contributed by atoms with Crippen molar-refractivity contribution >= 4 is 49.7 Å². The Balaban J connectivity index is 1.94. The summed E-state index contributed by atoms with van der Waals surface area (Å²) in [6, 6.07) is 19.2. The molecule has 6 rings (SSSR count). The van der Waals surface area contributed by atoms with E-state index in [1.165, 1.54) is 7.11 Å². The van der Waals surface area contributed by atoms with Gasteiger partial charge in [-0.2, -0.15) is 0 Å². The lowest BCUT2D eigenvalue weighted by atomic mass is 9.99. The number of fused-ring (bicyclic) bond motifs is 5. The molecule has 0 unspecified atom stereocenters. The second kappa shape index (κ2) is 6.84. The number of nitrogens with zero attached hydrogens (tertiary/aromatic N) is 2. The molecule has 0 bridgehead atoms. The highest BCUT2D eigenvalue weighted by Gasteiger charge is 2.24. The smallest absolute Gasteiger partial charge is 0.267 e. The van der Waals surface area contributed by atoms with Gasteiger partial charge in [0.2, 0.25) is 0 Å². The molecule has 0 radical (unpaired) electrons. The van der Waals surface area contributed by atoms with Crippen LogP contribution in [0.25, 0.3) is 49.2 Å². The summed E-state index contributed by atoms with van der Waals surface area (Å²) in [7, 11) is 3.10. The van der Waals surface area contributed by atoms with Gasteiger partial charge in [0, 0.05) is 38.5 Å². The Morgan fingerprint density at radius 1 is 0.844 bits per heavy atom. The minimum absolute atomic E-state index is 0.174. The topological polar surface area (TPSA) is 52.8 Å². The molecule has 0 spiro atoms. The lowest BCUT2D eigenvalue weighted by Gasteiger charge is -2.13. The van der Waals surface area contributed by atoms with Gasteiger partial charge in [0.25, 0.3) is 5.56 Å². The van der Waals surface area contributed by atoms with E-state index in [-0.39, 0.29) is 5.56 Å². The summed E-state index contributed by atoms with van der Waals surface area (Å²) in [5.41, 5.74) is 3.90. The van der Waals surface area contributed by atoms with E-state index in [4.69, 9.17) is 26.1 Å². The second-order valence-corrected chi connectivity index (χ2v) is 8.01. The van der Waals surface area contributed by atoms with E-state index in [1.807, 2.05) is 60.8 Å². The van der Waals surface area contributed by atoms with Crippen LogP contribution in [-0.2, 0) is 0 Å². The van der Waals surface area contributed by atoms with Crippen molar-refractivity contribution < 1.29 is 9.47 Å². The van der Waals surface area contributed by atoms with Gasteiger partial charge in [-0.3, -0.25) is 14.2 Å². The maximum atomic E-state index is 13.9. The normalized spacial score (nSPS) is 11.7. The van der Waals surface area contributed by atoms with Gasteiger partial charge in [0.05, 0.1) is 36.2 Å². The van der Waals surface area contributed by atoms with Crippen molar-refractivity contribution in [2.24, 2.45) is 0 Å². The summed E-state index contributed by atoms with van der Waals surface area (Å²) in [6.07, 6.45) is 1.84. The van der Waals surface area contributed by atoms with Crippen molar-refractivity contribution in [3.05, 3.63) is 82.2 Å². The summed E-state index contributed by atoms with van der Waals surface area (Å²) in [5.74, 6) is 0.909. The van der Waals surface area contributed by atoms with Crippen LogP contribution in [0.1, 0.15) is 0 Å². The predicted octanol–water partition coefficient (Wildman–Crippen LogP) is 5.93. The first kappa shape index (κ1) is 18.9. The number of ether oxygens (including phenoxy) is 2. The highest BCUT2D eigenvalue weighted by atomic mass is 35.5. The molecule has 0 saturated heterocycles. The number of aromatic nitrogens is 2. The molecule has 3 heterocycles. The van der Waals surface area contributed by atoms with Crippen LogP contribution in [0, 0.1) is 0 Å². The van der Waals surface area contributed by atoms with Crippen molar-refractivity contribution in [2.45, 2.75) is 0 Å². The zero-order chi connectivity index (χ0) is 22.0. The van der Waals surface area contributed by atoms with Crippen LogP contribution in [0.5, 0.6) is 11.5 Å². The van der Waals surface area contributed by atoms with E-state index in [1.54, 1.807) is 17.6 Å². The van der Waals surface area contributed by atoms with Crippen LogP contribution < -0.4 is 15.0 Å². The Morgan fingerprint density at radius 3 is 2.41 bits per heavy atom. The second-order valence-electron chi connectivity index (χ2n) is 7.61. The minimum atomic E-state index is -0.174. The number of para-hydroxylation sites is 1. The number of rotatable bonds is 3. The molecule has 0 amide bonds. The molecule has 0 aliphatic heterocycles. The van der Waals surface area contributed by atoms with Crippen LogP contribution in [0.2, 0.25) is 5.02 Å². The van der Waals surface area contributed by atoms with Gasteiger partial charge >= 0.3 is 0 Å². The molecule has 32 heavy (non-hydrogen) atoms. The minimum Gasteiger partial charge on any atom is -0.493 e. The molecule has 6 heteroatoms. The number of pyridine rings is 2. The van der Waals surface area contributed by atoms with Gasteiger partial charge < -0.3 is 9.47 Å². The highest BCUT2D eigenvalue weighted by molar-refractivity contribution is 6.34. The molecule has 5 nitrogen and oxygen atoms in total. The van der Waals surface area contributed by atoms with Gasteiger partial charge in [-0.25, -0.2) is 0 Å². The highest BCUT2D eigenvalue weighted by Crippen LogP contribution is 2.43. The molecule has 3 aromatic heterocycles. The summed E-state index contributed by atoms with van der Waals surface area (Å²) >= 11 is 6.56. The summed E-state index contributed by atoms with van der Waals surface area (Å²) < 4.78 is 12.8. The molecule has 3 aromatic carbocycles. The quantitative estimate of drug-likeness (QED) is 0.320. The lowest BCUT2D eigenvalue weighted by Crippen LogP contribution is -2.14. The Morgan fingerprint density at radius 2 is 1.62 bits per heavy atom. The zero-order valence-electron chi connectivity index (χ0n) is 17.3. The molecule has 156 valence electrons. The first-order valence-electron chi connectivity index (χ1n) is 10.1. The van der Waals surface area contributed by atoms with E-state index in [2.05, 4.69) is 0 Å². The number of hydrogen-bond donors (Lipinski definition) is 0. The van der Waals surface area contributed by atoms with Gasteiger partial charge in [0.15, 0.2) is 11.5 Å². The summed E-state index contributed by atoms with van der Waals surface area (Å²) in [5, 5.41) is 3.72. The molecule has 0 N–H and O–H groups in total. The van der Waals surface area contributed by atoms with E-state index in [0.717, 1.165) is 43.8 Å². The number of halogens is 1. The van der Waals surface area contributed by atoms with E-state index in [9.17, 15) is 4.79 Å². The predicted molar refractivity (Wildman–Crippen MR) is 129 cm³/mol. The van der Waals surface area contributed by atoms with Gasteiger partial charge in [-0.15, -0.1) is 0 Å². The van der Waals surface area contributed by atoms with Crippen LogP contribution in [0.3, 0.4) is 0 Å². The number of hydrogen-bond acceptors (Lipinski definition) is 4. The molecule has 0 fully saturated rings. The fraction of sp³-hybridized carbons (Fsp3) is 0.0769. The Kier molecular flexibility index (Phi) is 4.04. The van der Waals surface area contributed by atoms with Crippen LogP contribution >= 0.6 is 11.6 Å². The molecular weight excluding hydrogens is 424 g/mol. The van der Waals surface area contributed by atoms with Crippen molar-refractivity contribution in [1.82, 2.24) is 9.38 Å². The average Bonchev–Trinajstić information content (AvgIpc) is 3.18. The maximum Gasteiger partial charge on any atom is 0.267 e. The monoisotopic (exact) mass is 440 g/mol. The molecule has 0 aliphatic rings. The fourth-order valence-electron chi connectivity index (χ4n) is 4.73. The Bertz CT molecular complexity index is 1740. The molecule has 6 aromatic rings. The zero-order valence-corrected chi connectivity index (χ0v) is 18.1. The molecule has 0 saturated carbocycles. The van der Waals surface area contributed by atoms with Gasteiger partial charge in [-0.1, -0.05) is 48.0 Å². The van der Waals surface area contributed by atoms with E-state index < -0.39 is 0 Å². The molecule has 0 aliphatic carbocycles. The maximum absolute atomic E-state index is 13.9. The standard InChI is InChI=1S/C26H17ClN2O3/c1-31-20-12-11-16-22(25(20)32-2)26(30)29-19-10-6-4-8-15(19)21-17(13-28-23(16)24(21)29)14-7-3-5-9-18(14)27/h3-13H,1-2H3. The summed E-state index contributed by atoms with van der Waals surface area (Å²) in [4.78, 5) is 18.7. The SMILES string of the molecule is COc1ccc2c(c1OC)c(=O)n1c3ccccc3c3c(-c4ccccc4Cl)cnc2c31. The van der Waals surface area contributed by atoms with Crippen LogP contribution in [-0.4, -0.2) is 23.6 Å². The summed E-state index contributed by atoms with van der Waals surface area (Å²) in [6.45, 7) is 0. The third kappa shape index (κ3) is 2.34. The van der Waals surface area contributed by atoms with Crippen molar-refractivity contribution in [3.8, 4) is 22.6 Å². The van der Waals surface area contributed by atoms with Gasteiger partial charge in [-0.05, 0) is 24.3 Å². The number of benzene rings is 3. The van der Waals surface area contributed by atoms with Crippen LogP contribution in [0.4, 0.5) is 0 Å². The third-order valence-electron chi connectivity index (χ3n) is 6.07.